The molecule has 1 aromatic carbocycles. The lowest BCUT2D eigenvalue weighted by Gasteiger charge is -2.13. The van der Waals surface area contributed by atoms with E-state index in [-0.39, 0.29) is 12.3 Å². The van der Waals surface area contributed by atoms with Crippen molar-refractivity contribution in [2.75, 3.05) is 7.11 Å². The van der Waals surface area contributed by atoms with Gasteiger partial charge in [0.2, 0.25) is 0 Å². The highest BCUT2D eigenvalue weighted by molar-refractivity contribution is 6.05. The number of hydrogen-bond acceptors (Lipinski definition) is 5. The number of carboxylic acids is 1. The van der Waals surface area contributed by atoms with Crippen molar-refractivity contribution in [1.29, 1.82) is 0 Å². The summed E-state index contributed by atoms with van der Waals surface area (Å²) in [6, 6.07) is 7.75. The van der Waals surface area contributed by atoms with Crippen molar-refractivity contribution in [2.24, 2.45) is 5.16 Å². The summed E-state index contributed by atoms with van der Waals surface area (Å²) in [6.45, 7) is 1.49. The number of carboxylic acid groups (broad SMARTS) is 1. The van der Waals surface area contributed by atoms with Crippen LogP contribution in [0.4, 0.5) is 4.79 Å². The Labute approximate surface area is 116 Å². The molecule has 0 aliphatic heterocycles. The number of rotatable bonds is 6. The predicted octanol–water partition coefficient (Wildman–Crippen LogP) is 1.39. The van der Waals surface area contributed by atoms with Crippen molar-refractivity contribution in [2.45, 2.75) is 19.6 Å². The molecule has 2 N–H and O–H groups in total. The maximum atomic E-state index is 11.5. The van der Waals surface area contributed by atoms with Crippen LogP contribution < -0.4 is 5.32 Å². The first-order chi connectivity index (χ1) is 9.54. The summed E-state index contributed by atoms with van der Waals surface area (Å²) in [7, 11) is 1.29. The number of alkyl carbamates (subject to hydrolysis) is 1. The van der Waals surface area contributed by atoms with E-state index in [1.54, 1.807) is 12.1 Å². The minimum absolute atomic E-state index is 0.0550. The third kappa shape index (κ3) is 4.97. The molecule has 0 saturated heterocycles. The zero-order chi connectivity index (χ0) is 15.0. The molecule has 0 aliphatic carbocycles. The van der Waals surface area contributed by atoms with Gasteiger partial charge in [0, 0.05) is 0 Å². The molecule has 0 unspecified atom stereocenters. The number of carbonyl (C=O) groups excluding carboxylic acids is 1. The number of amides is 1. The minimum atomic E-state index is -1.29. The molecular formula is C13H16N2O5. The van der Waals surface area contributed by atoms with E-state index in [0.717, 1.165) is 5.56 Å². The Hall–Kier alpha value is -2.57. The van der Waals surface area contributed by atoms with Crippen LogP contribution in [0.2, 0.25) is 0 Å². The van der Waals surface area contributed by atoms with Gasteiger partial charge < -0.3 is 20.0 Å². The Morgan fingerprint density at radius 2 is 2.00 bits per heavy atom. The van der Waals surface area contributed by atoms with Gasteiger partial charge in [-0.3, -0.25) is 0 Å². The number of ether oxygens (including phenoxy) is 1. The number of carbonyl (C=O) groups is 2. The molecule has 7 heteroatoms. The number of nitrogens with zero attached hydrogens (tertiary/aromatic N) is 1. The molecule has 0 spiro atoms. The van der Waals surface area contributed by atoms with Gasteiger partial charge in [-0.15, -0.1) is 0 Å². The third-order valence-electron chi connectivity index (χ3n) is 2.37. The number of nitrogens with one attached hydrogen (secondary N) is 1. The van der Waals surface area contributed by atoms with E-state index in [1.165, 1.54) is 14.0 Å². The summed E-state index contributed by atoms with van der Waals surface area (Å²) in [6.07, 6.45) is -0.841. The molecule has 1 atom stereocenters. The second-order valence-electron chi connectivity index (χ2n) is 3.89. The molecule has 0 aromatic heterocycles. The standard InChI is InChI=1S/C13H16N2O5/c1-9(15-19-2)11(12(16)17)14-13(18)20-8-10-6-4-3-5-7-10/h3-7,11H,8H2,1-2H3,(H,14,18)(H,16,17)/b15-9+/t11-/m0/s1. The van der Waals surface area contributed by atoms with Gasteiger partial charge in [-0.1, -0.05) is 35.5 Å². The average Bonchev–Trinajstić information content (AvgIpc) is 2.43. The Kier molecular flexibility index (Phi) is 6.02. The SMILES string of the molecule is CO/N=C(\C)[C@H](NC(=O)OCc1ccccc1)C(=O)O. The summed E-state index contributed by atoms with van der Waals surface area (Å²) in [5.41, 5.74) is 0.911. The Balaban J connectivity index is 2.55. The van der Waals surface area contributed by atoms with E-state index in [0.29, 0.717) is 0 Å². The highest BCUT2D eigenvalue weighted by atomic mass is 16.6. The number of benzene rings is 1. The highest BCUT2D eigenvalue weighted by Crippen LogP contribution is 2.01. The summed E-state index contributed by atoms with van der Waals surface area (Å²) in [4.78, 5) is 27.0. The summed E-state index contributed by atoms with van der Waals surface area (Å²) < 4.78 is 4.93. The zero-order valence-corrected chi connectivity index (χ0v) is 11.2. The van der Waals surface area contributed by atoms with Gasteiger partial charge in [0.25, 0.3) is 0 Å². The summed E-state index contributed by atoms with van der Waals surface area (Å²) in [5, 5.41) is 14.7. The molecule has 0 fully saturated rings. The Morgan fingerprint density at radius 3 is 2.55 bits per heavy atom. The molecule has 1 aromatic rings. The molecular weight excluding hydrogens is 264 g/mol. The highest BCUT2D eigenvalue weighted by Gasteiger charge is 2.24. The van der Waals surface area contributed by atoms with Crippen LogP contribution in [0.5, 0.6) is 0 Å². The van der Waals surface area contributed by atoms with Crippen LogP contribution in [0.25, 0.3) is 0 Å². The lowest BCUT2D eigenvalue weighted by Crippen LogP contribution is -2.45. The van der Waals surface area contributed by atoms with Crippen molar-refractivity contribution in [3.05, 3.63) is 35.9 Å². The predicted molar refractivity (Wildman–Crippen MR) is 71.3 cm³/mol. The molecule has 0 radical (unpaired) electrons. The van der Waals surface area contributed by atoms with E-state index in [1.807, 2.05) is 18.2 Å². The van der Waals surface area contributed by atoms with Crippen molar-refractivity contribution in [3.8, 4) is 0 Å². The Bertz CT molecular complexity index is 487. The van der Waals surface area contributed by atoms with Crippen LogP contribution in [0.15, 0.2) is 35.5 Å². The largest absolute Gasteiger partial charge is 0.479 e. The van der Waals surface area contributed by atoms with Gasteiger partial charge in [0.1, 0.15) is 13.7 Å². The molecule has 0 bridgehead atoms. The topological polar surface area (TPSA) is 97.2 Å². The third-order valence-corrected chi connectivity index (χ3v) is 2.37. The molecule has 1 rings (SSSR count). The molecule has 20 heavy (non-hydrogen) atoms. The van der Waals surface area contributed by atoms with Gasteiger partial charge in [-0.2, -0.15) is 0 Å². The van der Waals surface area contributed by atoms with E-state index >= 15 is 0 Å². The molecule has 7 nitrogen and oxygen atoms in total. The lowest BCUT2D eigenvalue weighted by molar-refractivity contribution is -0.137. The quantitative estimate of drug-likeness (QED) is 0.606. The monoisotopic (exact) mass is 280 g/mol. The first-order valence-electron chi connectivity index (χ1n) is 5.82. The van der Waals surface area contributed by atoms with Gasteiger partial charge in [0.05, 0.1) is 5.71 Å². The van der Waals surface area contributed by atoms with E-state index in [4.69, 9.17) is 9.84 Å². The van der Waals surface area contributed by atoms with Gasteiger partial charge in [0.15, 0.2) is 6.04 Å². The normalized spacial score (nSPS) is 12.4. The van der Waals surface area contributed by atoms with Crippen LogP contribution in [-0.4, -0.2) is 36.0 Å². The van der Waals surface area contributed by atoms with Crippen LogP contribution in [0.1, 0.15) is 12.5 Å². The first kappa shape index (κ1) is 15.5. The van der Waals surface area contributed by atoms with Crippen molar-refractivity contribution < 1.29 is 24.3 Å². The molecule has 0 aliphatic rings. The fourth-order valence-electron chi connectivity index (χ4n) is 1.42. The lowest BCUT2D eigenvalue weighted by atomic mass is 10.2. The Morgan fingerprint density at radius 1 is 1.35 bits per heavy atom. The molecule has 108 valence electrons. The smallest absolute Gasteiger partial charge is 0.408 e. The van der Waals surface area contributed by atoms with Gasteiger partial charge in [-0.25, -0.2) is 9.59 Å². The first-order valence-corrected chi connectivity index (χ1v) is 5.82. The van der Waals surface area contributed by atoms with Crippen LogP contribution in [0, 0.1) is 0 Å². The van der Waals surface area contributed by atoms with E-state index in [9.17, 15) is 9.59 Å². The number of hydrogen-bond donors (Lipinski definition) is 2. The molecule has 0 heterocycles. The maximum Gasteiger partial charge on any atom is 0.408 e. The van der Waals surface area contributed by atoms with Crippen molar-refractivity contribution >= 4 is 17.8 Å². The second-order valence-corrected chi connectivity index (χ2v) is 3.89. The average molecular weight is 280 g/mol. The zero-order valence-electron chi connectivity index (χ0n) is 11.2. The van der Waals surface area contributed by atoms with E-state index in [2.05, 4.69) is 15.3 Å². The van der Waals surface area contributed by atoms with Gasteiger partial charge in [-0.05, 0) is 12.5 Å². The molecule has 1 amide bonds. The summed E-state index contributed by atoms with van der Waals surface area (Å²) in [5.74, 6) is -1.25. The minimum Gasteiger partial charge on any atom is -0.479 e. The second kappa shape index (κ2) is 7.78. The fraction of sp³-hybridized carbons (Fsp3) is 0.308. The number of aliphatic carboxylic acids is 1. The summed E-state index contributed by atoms with van der Waals surface area (Å²) >= 11 is 0. The fourth-order valence-corrected chi connectivity index (χ4v) is 1.42. The van der Waals surface area contributed by atoms with Gasteiger partial charge >= 0.3 is 12.1 Å². The van der Waals surface area contributed by atoms with Crippen LogP contribution >= 0.6 is 0 Å². The number of oxime groups is 1. The van der Waals surface area contributed by atoms with Crippen LogP contribution in [-0.2, 0) is 21.0 Å². The van der Waals surface area contributed by atoms with Crippen LogP contribution in [0.3, 0.4) is 0 Å². The van der Waals surface area contributed by atoms with Crippen molar-refractivity contribution in [1.82, 2.24) is 5.32 Å². The van der Waals surface area contributed by atoms with E-state index < -0.39 is 18.1 Å². The molecule has 0 saturated carbocycles. The van der Waals surface area contributed by atoms with Crippen molar-refractivity contribution in [3.63, 3.8) is 0 Å². The maximum absolute atomic E-state index is 11.5.